The van der Waals surface area contributed by atoms with Crippen molar-refractivity contribution in [1.29, 1.82) is 0 Å². The fraction of sp³-hybridized carbons (Fsp3) is 0.583. The van der Waals surface area contributed by atoms with Gasteiger partial charge in [-0.1, -0.05) is 36.4 Å². The van der Waals surface area contributed by atoms with Crippen molar-refractivity contribution in [2.75, 3.05) is 0 Å². The average Bonchev–Trinajstić information content (AvgIpc) is 3.03. The molecule has 5 heteroatoms. The third-order valence-corrected chi connectivity index (χ3v) is 5.93. The molecule has 158 valence electrons. The van der Waals surface area contributed by atoms with E-state index in [1.54, 1.807) is 0 Å². The second-order valence-electron chi connectivity index (χ2n) is 9.30. The molecule has 0 unspecified atom stereocenters. The van der Waals surface area contributed by atoms with E-state index in [1.165, 1.54) is 0 Å². The maximum absolute atomic E-state index is 13.8. The minimum atomic E-state index is -0.725. The summed E-state index contributed by atoms with van der Waals surface area (Å²) in [6, 6.07) is 9.72. The Labute approximate surface area is 174 Å². The second-order valence-corrected chi connectivity index (χ2v) is 9.30. The summed E-state index contributed by atoms with van der Waals surface area (Å²) in [5.74, 6) is -0.269. The van der Waals surface area contributed by atoms with Gasteiger partial charge in [-0.05, 0) is 64.9 Å². The van der Waals surface area contributed by atoms with E-state index in [2.05, 4.69) is 24.0 Å². The van der Waals surface area contributed by atoms with E-state index in [-0.39, 0.29) is 17.9 Å². The molecule has 0 bridgehead atoms. The van der Waals surface area contributed by atoms with Gasteiger partial charge in [0.05, 0.1) is 0 Å². The number of esters is 1. The molecule has 1 aromatic carbocycles. The van der Waals surface area contributed by atoms with Gasteiger partial charge in [-0.15, -0.1) is 6.58 Å². The number of hydrogen-bond donors (Lipinski definition) is 1. The van der Waals surface area contributed by atoms with E-state index < -0.39 is 17.2 Å². The van der Waals surface area contributed by atoms with Gasteiger partial charge in [0.1, 0.15) is 17.2 Å². The van der Waals surface area contributed by atoms with Crippen LogP contribution in [0, 0.1) is 0 Å². The Bertz CT molecular complexity index is 740. The molecule has 2 aliphatic heterocycles. The minimum Gasteiger partial charge on any atom is -0.458 e. The van der Waals surface area contributed by atoms with E-state index in [0.717, 1.165) is 31.2 Å². The summed E-state index contributed by atoms with van der Waals surface area (Å²) in [4.78, 5) is 28.5. The largest absolute Gasteiger partial charge is 0.458 e. The lowest BCUT2D eigenvalue weighted by Gasteiger charge is -2.38. The smallest absolute Gasteiger partial charge is 0.329 e. The molecule has 1 amide bonds. The predicted molar refractivity (Wildman–Crippen MR) is 114 cm³/mol. The molecule has 2 aliphatic rings. The Hall–Kier alpha value is -2.14. The van der Waals surface area contributed by atoms with Gasteiger partial charge in [0, 0.05) is 12.6 Å². The van der Waals surface area contributed by atoms with Crippen LogP contribution < -0.4 is 5.32 Å². The molecule has 5 nitrogen and oxygen atoms in total. The van der Waals surface area contributed by atoms with Gasteiger partial charge in [-0.3, -0.25) is 10.1 Å². The number of hydrogen-bond acceptors (Lipinski definition) is 4. The fourth-order valence-electron chi connectivity index (χ4n) is 4.61. The zero-order valence-corrected chi connectivity index (χ0v) is 17.9. The lowest BCUT2D eigenvalue weighted by molar-refractivity contribution is -0.165. The van der Waals surface area contributed by atoms with Crippen LogP contribution in [-0.2, 0) is 20.9 Å². The van der Waals surface area contributed by atoms with Crippen molar-refractivity contribution in [3.8, 4) is 0 Å². The third-order valence-electron chi connectivity index (χ3n) is 5.93. The Morgan fingerprint density at radius 1 is 1.28 bits per heavy atom. The predicted octanol–water partition coefficient (Wildman–Crippen LogP) is 3.98. The molecule has 2 fully saturated rings. The van der Waals surface area contributed by atoms with E-state index in [1.807, 2.05) is 49.9 Å². The van der Waals surface area contributed by atoms with Crippen molar-refractivity contribution in [2.24, 2.45) is 0 Å². The van der Waals surface area contributed by atoms with Crippen molar-refractivity contribution < 1.29 is 14.3 Å². The van der Waals surface area contributed by atoms with Crippen molar-refractivity contribution in [3.63, 3.8) is 0 Å². The van der Waals surface area contributed by atoms with E-state index >= 15 is 0 Å². The highest BCUT2D eigenvalue weighted by molar-refractivity contribution is 5.92. The standard InChI is InChI=1S/C24H34N2O3/c1-5-15-24(25-17-18-10-7-6-8-11-18)16-9-12-19-13-14-20(26(19)22(24)28)21(27)29-23(2,3)4/h5-8,10-11,19-20,25H,1,9,12-17H2,2-4H3/t19-,20+,24-/m1/s1. The van der Waals surface area contributed by atoms with Crippen LogP contribution in [0.5, 0.6) is 0 Å². The monoisotopic (exact) mass is 398 g/mol. The first-order valence-electron chi connectivity index (χ1n) is 10.7. The summed E-state index contributed by atoms with van der Waals surface area (Å²) < 4.78 is 5.64. The molecule has 0 aliphatic carbocycles. The van der Waals surface area contributed by atoms with Crippen LogP contribution in [0.4, 0.5) is 0 Å². The van der Waals surface area contributed by atoms with Crippen LogP contribution in [0.15, 0.2) is 43.0 Å². The van der Waals surface area contributed by atoms with Gasteiger partial charge in [0.25, 0.3) is 0 Å². The molecule has 0 saturated carbocycles. The second kappa shape index (κ2) is 8.70. The van der Waals surface area contributed by atoms with Crippen LogP contribution in [0.3, 0.4) is 0 Å². The average molecular weight is 399 g/mol. The third kappa shape index (κ3) is 4.89. The van der Waals surface area contributed by atoms with Crippen LogP contribution in [-0.4, -0.2) is 40.0 Å². The van der Waals surface area contributed by atoms with Gasteiger partial charge in [-0.2, -0.15) is 0 Å². The maximum Gasteiger partial charge on any atom is 0.329 e. The molecule has 2 saturated heterocycles. The van der Waals surface area contributed by atoms with Gasteiger partial charge in [-0.25, -0.2) is 4.79 Å². The highest BCUT2D eigenvalue weighted by Gasteiger charge is 2.51. The highest BCUT2D eigenvalue weighted by atomic mass is 16.6. The molecule has 3 rings (SSSR count). The molecule has 29 heavy (non-hydrogen) atoms. The minimum absolute atomic E-state index is 0.0178. The molecule has 3 atom stereocenters. The Balaban J connectivity index is 1.85. The molecular formula is C24H34N2O3. The molecule has 0 radical (unpaired) electrons. The summed E-state index contributed by atoms with van der Waals surface area (Å²) in [6.45, 7) is 10.1. The molecule has 0 spiro atoms. The van der Waals surface area contributed by atoms with Crippen LogP contribution in [0.2, 0.25) is 0 Å². The lowest BCUT2D eigenvalue weighted by atomic mass is 9.87. The van der Waals surface area contributed by atoms with Crippen LogP contribution in [0.1, 0.15) is 64.9 Å². The van der Waals surface area contributed by atoms with Crippen LogP contribution in [0.25, 0.3) is 0 Å². The van der Waals surface area contributed by atoms with Crippen molar-refractivity contribution in [3.05, 3.63) is 48.6 Å². The number of nitrogens with zero attached hydrogens (tertiary/aromatic N) is 1. The molecule has 0 aromatic heterocycles. The lowest BCUT2D eigenvalue weighted by Crippen LogP contribution is -2.60. The van der Waals surface area contributed by atoms with Gasteiger partial charge in [0.2, 0.25) is 5.91 Å². The number of amides is 1. The Kier molecular flexibility index (Phi) is 6.47. The number of carbonyl (C=O) groups excluding carboxylic acids is 2. The van der Waals surface area contributed by atoms with Gasteiger partial charge >= 0.3 is 5.97 Å². The molecule has 1 aromatic rings. The number of nitrogens with one attached hydrogen (secondary N) is 1. The van der Waals surface area contributed by atoms with E-state index in [4.69, 9.17) is 4.74 Å². The van der Waals surface area contributed by atoms with Crippen molar-refractivity contribution in [1.82, 2.24) is 10.2 Å². The summed E-state index contributed by atoms with van der Waals surface area (Å²) in [7, 11) is 0. The first-order chi connectivity index (χ1) is 13.8. The number of ether oxygens (including phenoxy) is 1. The highest BCUT2D eigenvalue weighted by Crippen LogP contribution is 2.37. The summed E-state index contributed by atoms with van der Waals surface area (Å²) in [5, 5.41) is 3.55. The molecule has 2 heterocycles. The van der Waals surface area contributed by atoms with Crippen LogP contribution >= 0.6 is 0 Å². The SMILES string of the molecule is C=CC[C@@]1(NCc2ccccc2)CCC[C@@H]2CC[C@@H](C(=O)OC(C)(C)C)N2C1=O. The van der Waals surface area contributed by atoms with Gasteiger partial charge in [0.15, 0.2) is 0 Å². The molecular weight excluding hydrogens is 364 g/mol. The fourth-order valence-corrected chi connectivity index (χ4v) is 4.61. The van der Waals surface area contributed by atoms with Crippen molar-refractivity contribution in [2.45, 2.75) is 89.1 Å². The number of rotatable bonds is 6. The Morgan fingerprint density at radius 3 is 2.66 bits per heavy atom. The van der Waals surface area contributed by atoms with Crippen molar-refractivity contribution >= 4 is 11.9 Å². The van der Waals surface area contributed by atoms with Gasteiger partial charge < -0.3 is 9.64 Å². The van der Waals surface area contributed by atoms with E-state index in [0.29, 0.717) is 19.4 Å². The normalized spacial score (nSPS) is 27.3. The van der Waals surface area contributed by atoms with E-state index in [9.17, 15) is 9.59 Å². The number of carbonyl (C=O) groups is 2. The maximum atomic E-state index is 13.8. The first-order valence-corrected chi connectivity index (χ1v) is 10.7. The first kappa shape index (κ1) is 21.6. The zero-order chi connectivity index (χ0) is 21.1. The molecule has 1 N–H and O–H groups in total. The topological polar surface area (TPSA) is 58.6 Å². The number of fused-ring (bicyclic) bond motifs is 1. The Morgan fingerprint density at radius 2 is 2.00 bits per heavy atom. The quantitative estimate of drug-likeness (QED) is 0.582. The summed E-state index contributed by atoms with van der Waals surface area (Å²) in [5.41, 5.74) is -0.153. The zero-order valence-electron chi connectivity index (χ0n) is 17.9. The number of benzene rings is 1. The summed E-state index contributed by atoms with van der Waals surface area (Å²) >= 11 is 0. The summed E-state index contributed by atoms with van der Waals surface area (Å²) in [6.07, 6.45) is 6.52.